The third-order valence-corrected chi connectivity index (χ3v) is 9.44. The summed E-state index contributed by atoms with van der Waals surface area (Å²) >= 11 is 0.620. The Bertz CT molecular complexity index is 1980. The quantitative estimate of drug-likeness (QED) is 0.102. The Hall–Kier alpha value is -3.18. The Morgan fingerprint density at radius 2 is 1.87 bits per heavy atom. The number of aliphatic hydroxyl groups is 1. The van der Waals surface area contributed by atoms with Crippen LogP contribution in [0, 0.1) is 5.92 Å². The number of aromatic amines is 1. The molecular weight excluding hydrogens is 668 g/mol. The molecule has 4 aromatic rings. The number of aromatic nitrogens is 7. The number of nitrogens with zero attached hydrogens (tertiary/aromatic N) is 6. The third-order valence-electron chi connectivity index (χ3n) is 6.97. The number of nitrogen functional groups attached to an aromatic ring is 2. The van der Waals surface area contributed by atoms with Crippen LogP contribution in [0.5, 0.6) is 0 Å². The Balaban J connectivity index is 1.25. The molecule has 45 heavy (non-hydrogen) atoms. The fourth-order valence-corrected chi connectivity index (χ4v) is 7.29. The van der Waals surface area contributed by atoms with Crippen molar-refractivity contribution in [1.82, 2.24) is 34.1 Å². The number of aliphatic hydroxyl groups excluding tert-OH is 1. The lowest BCUT2D eigenvalue weighted by molar-refractivity contribution is -0.118. The summed E-state index contributed by atoms with van der Waals surface area (Å²) < 4.78 is 53.6. The van der Waals surface area contributed by atoms with E-state index in [9.17, 15) is 28.7 Å². The molecule has 8 atom stereocenters. The third kappa shape index (κ3) is 6.17. The number of thiazole rings is 1. The molecule has 0 aliphatic carbocycles. The molecule has 25 heteroatoms. The predicted molar refractivity (Wildman–Crippen MR) is 150 cm³/mol. The number of phosphoric acid groups is 2. The summed E-state index contributed by atoms with van der Waals surface area (Å²) in [6.07, 6.45) is -6.79. The molecule has 2 fully saturated rings. The molecule has 2 saturated heterocycles. The Kier molecular flexibility index (Phi) is 8.17. The van der Waals surface area contributed by atoms with Crippen molar-refractivity contribution in [2.45, 2.75) is 50.4 Å². The summed E-state index contributed by atoms with van der Waals surface area (Å²) in [5, 5.41) is 11.0. The zero-order valence-corrected chi connectivity index (χ0v) is 25.3. The lowest BCUT2D eigenvalue weighted by atomic mass is 10.1. The van der Waals surface area contributed by atoms with E-state index in [1.807, 2.05) is 0 Å². The monoisotopic (exact) mass is 693 g/mol. The van der Waals surface area contributed by atoms with Crippen molar-refractivity contribution in [3.05, 3.63) is 32.7 Å². The maximum Gasteiger partial charge on any atom is 0.475 e. The number of fused-ring (bicyclic) bond motifs is 2. The molecule has 0 radical (unpaired) electrons. The number of nitrogens with one attached hydrogen (secondary N) is 1. The van der Waals surface area contributed by atoms with Crippen LogP contribution in [0.15, 0.2) is 22.2 Å². The van der Waals surface area contributed by atoms with Gasteiger partial charge in [0.05, 0.1) is 12.9 Å². The molecule has 244 valence electrons. The van der Waals surface area contributed by atoms with Crippen molar-refractivity contribution in [3.8, 4) is 0 Å². The van der Waals surface area contributed by atoms with Crippen LogP contribution in [0.4, 0.5) is 11.8 Å². The average Bonchev–Trinajstić information content (AvgIpc) is 3.67. The molecule has 9 N–H and O–H groups in total. The number of imidazole rings is 1. The number of rotatable bonds is 9. The fraction of sp³-hybridized carbons (Fsp3) is 0.500. The minimum Gasteiger partial charge on any atom is -0.387 e. The van der Waals surface area contributed by atoms with E-state index in [-0.39, 0.29) is 45.6 Å². The number of ether oxygens (including phenoxy) is 2. The second-order valence-electron chi connectivity index (χ2n) is 10.1. The number of anilines is 2. The lowest BCUT2D eigenvalue weighted by Gasteiger charge is -2.25. The van der Waals surface area contributed by atoms with Gasteiger partial charge in [0.15, 0.2) is 29.3 Å². The van der Waals surface area contributed by atoms with Gasteiger partial charge in [0.1, 0.15) is 41.4 Å². The van der Waals surface area contributed by atoms with Crippen molar-refractivity contribution in [1.29, 1.82) is 0 Å². The van der Waals surface area contributed by atoms with E-state index in [1.54, 1.807) is 6.92 Å². The van der Waals surface area contributed by atoms with Gasteiger partial charge in [-0.05, 0) is 0 Å². The van der Waals surface area contributed by atoms with Gasteiger partial charge in [-0.2, -0.15) is 4.98 Å². The van der Waals surface area contributed by atoms with Crippen molar-refractivity contribution in [3.63, 3.8) is 0 Å². The SMILES string of the molecule is CC1C[C@@H](OP(=O)(O)OC2[C@H](n3c(=O)sc4c(N)ncnc43)O[C@H](COP(=O)(O)O)[C@H]2O)O[C@H]1n1cnc2c(=O)[nH]c(N)nc21. The van der Waals surface area contributed by atoms with Crippen LogP contribution in [-0.4, -0.2) is 85.0 Å². The molecular formula is C20H25N9O13P2S. The minimum absolute atomic E-state index is 0.0118. The first-order chi connectivity index (χ1) is 21.1. The average molecular weight is 693 g/mol. The summed E-state index contributed by atoms with van der Waals surface area (Å²) in [5.74, 6) is -0.591. The number of hydrogen-bond donors (Lipinski definition) is 7. The summed E-state index contributed by atoms with van der Waals surface area (Å²) in [6, 6.07) is 0. The first-order valence-electron chi connectivity index (χ1n) is 12.8. The molecule has 4 aromatic heterocycles. The molecule has 0 bridgehead atoms. The molecule has 2 aliphatic rings. The normalized spacial score (nSPS) is 28.7. The second-order valence-corrected chi connectivity index (χ2v) is 13.6. The van der Waals surface area contributed by atoms with Crippen LogP contribution in [0.3, 0.4) is 0 Å². The van der Waals surface area contributed by atoms with Gasteiger partial charge in [-0.1, -0.05) is 18.3 Å². The summed E-state index contributed by atoms with van der Waals surface area (Å²) in [6.45, 7) is 0.842. The van der Waals surface area contributed by atoms with Crippen molar-refractivity contribution in [2.24, 2.45) is 5.92 Å². The van der Waals surface area contributed by atoms with E-state index in [4.69, 9.17) is 39.8 Å². The van der Waals surface area contributed by atoms with Crippen LogP contribution in [-0.2, 0) is 32.2 Å². The number of phosphoric ester groups is 2. The van der Waals surface area contributed by atoms with Crippen LogP contribution >= 0.6 is 27.0 Å². The highest BCUT2D eigenvalue weighted by molar-refractivity contribution is 7.47. The molecule has 2 aliphatic heterocycles. The Labute approximate surface area is 253 Å². The van der Waals surface area contributed by atoms with E-state index in [0.717, 1.165) is 10.9 Å². The zero-order valence-electron chi connectivity index (χ0n) is 22.7. The van der Waals surface area contributed by atoms with Crippen molar-refractivity contribution < 1.29 is 52.0 Å². The first-order valence-corrected chi connectivity index (χ1v) is 16.7. The van der Waals surface area contributed by atoms with E-state index < -0.39 is 69.7 Å². The zero-order chi connectivity index (χ0) is 32.4. The molecule has 0 saturated carbocycles. The summed E-state index contributed by atoms with van der Waals surface area (Å²) in [4.78, 5) is 71.7. The highest BCUT2D eigenvalue weighted by Gasteiger charge is 2.51. The lowest BCUT2D eigenvalue weighted by Crippen LogP contribution is -2.36. The topological polar surface area (TPSA) is 325 Å². The molecule has 0 spiro atoms. The van der Waals surface area contributed by atoms with Crippen molar-refractivity contribution >= 4 is 60.3 Å². The Morgan fingerprint density at radius 1 is 1.11 bits per heavy atom. The van der Waals surface area contributed by atoms with Gasteiger partial charge in [0, 0.05) is 12.3 Å². The highest BCUT2D eigenvalue weighted by Crippen LogP contribution is 2.53. The molecule has 6 heterocycles. The van der Waals surface area contributed by atoms with E-state index in [2.05, 4.69) is 29.4 Å². The van der Waals surface area contributed by atoms with Crippen LogP contribution in [0.25, 0.3) is 21.5 Å². The fourth-order valence-electron chi connectivity index (χ4n) is 5.07. The highest BCUT2D eigenvalue weighted by atomic mass is 32.1. The molecule has 6 rings (SSSR count). The summed E-state index contributed by atoms with van der Waals surface area (Å²) in [5.41, 5.74) is 11.0. The van der Waals surface area contributed by atoms with E-state index >= 15 is 0 Å². The maximum atomic E-state index is 13.3. The van der Waals surface area contributed by atoms with Crippen LogP contribution in [0.1, 0.15) is 25.8 Å². The van der Waals surface area contributed by atoms with Crippen LogP contribution < -0.4 is 21.9 Å². The van der Waals surface area contributed by atoms with Gasteiger partial charge in [-0.3, -0.25) is 37.3 Å². The molecule has 3 unspecified atom stereocenters. The van der Waals surface area contributed by atoms with Gasteiger partial charge in [-0.25, -0.2) is 24.1 Å². The van der Waals surface area contributed by atoms with Gasteiger partial charge in [0.25, 0.3) is 5.56 Å². The minimum atomic E-state index is -5.17. The van der Waals surface area contributed by atoms with Gasteiger partial charge in [-0.15, -0.1) is 0 Å². The predicted octanol–water partition coefficient (Wildman–Crippen LogP) is -1.10. The molecule has 22 nitrogen and oxygen atoms in total. The van der Waals surface area contributed by atoms with Gasteiger partial charge < -0.3 is 40.7 Å². The second kappa shape index (κ2) is 11.6. The van der Waals surface area contributed by atoms with Crippen LogP contribution in [0.2, 0.25) is 0 Å². The van der Waals surface area contributed by atoms with Gasteiger partial charge >= 0.3 is 20.5 Å². The van der Waals surface area contributed by atoms with Gasteiger partial charge in [0.2, 0.25) is 5.95 Å². The maximum absolute atomic E-state index is 13.3. The summed E-state index contributed by atoms with van der Waals surface area (Å²) in [7, 11) is -10.2. The standard InChI is InChI=1S/C20H25N9O13P2S/c1-6-2-8(40-17(6)28-5-25-9-14(28)26-19(22)27-16(9)31)41-44(36,37)42-11-10(30)7(3-38-43(33,34)35)39-18(11)29-15-12(45-20(29)32)13(21)23-4-24-15/h4-8,10-11,17-18,30H,2-3H2,1H3,(H,36,37)(H2,21,23,24)(H2,33,34,35)(H3,22,26,27,31)/t6?,7-,8-,10-,11?,17-,18-/m1/s1. The van der Waals surface area contributed by atoms with E-state index in [1.165, 1.54) is 10.9 Å². The number of H-pyrrole nitrogens is 1. The Morgan fingerprint density at radius 3 is 2.60 bits per heavy atom. The smallest absolute Gasteiger partial charge is 0.387 e. The molecule has 0 aromatic carbocycles. The largest absolute Gasteiger partial charge is 0.475 e. The number of hydrogen-bond acceptors (Lipinski definition) is 17. The van der Waals surface area contributed by atoms with E-state index in [0.29, 0.717) is 11.3 Å². The van der Waals surface area contributed by atoms with Crippen molar-refractivity contribution in [2.75, 3.05) is 18.1 Å². The molecule has 0 amide bonds. The number of nitrogens with two attached hydrogens (primary N) is 2. The first kappa shape index (κ1) is 31.8.